The zero-order valence-corrected chi connectivity index (χ0v) is 4.73. The van der Waals surface area contributed by atoms with E-state index in [1.165, 1.54) is 0 Å². The normalized spacial score (nSPS) is 8.14. The van der Waals surface area contributed by atoms with Gasteiger partial charge in [-0.05, 0) is 11.0 Å². The summed E-state index contributed by atoms with van der Waals surface area (Å²) in [7, 11) is -0.585. The van der Waals surface area contributed by atoms with E-state index in [1.54, 1.807) is 0 Å². The first kappa shape index (κ1) is 10.6. The van der Waals surface area contributed by atoms with Gasteiger partial charge < -0.3 is 0 Å². The Hall–Kier alpha value is 0.592. The summed E-state index contributed by atoms with van der Waals surface area (Å²) < 4.78 is 13.9. The Kier molecular flexibility index (Phi) is 14.7. The van der Waals surface area contributed by atoms with Gasteiger partial charge in [0.05, 0.1) is 0 Å². The SMILES string of the molecule is CCCO[PH+]=O.[AlH3]. The summed E-state index contributed by atoms with van der Waals surface area (Å²) in [6.07, 6.45) is 0.940. The first-order valence-electron chi connectivity index (χ1n) is 1.90. The maximum Gasteiger partial charge on any atom is 0.494 e. The van der Waals surface area contributed by atoms with Gasteiger partial charge in [-0.25, -0.2) is 0 Å². The Balaban J connectivity index is 0. The van der Waals surface area contributed by atoms with E-state index in [0.29, 0.717) is 6.61 Å². The minimum atomic E-state index is -0.585. The summed E-state index contributed by atoms with van der Waals surface area (Å²) in [5.74, 6) is 0. The highest BCUT2D eigenvalue weighted by Crippen LogP contribution is 1.93. The number of hydrogen-bond donors (Lipinski definition) is 0. The molecule has 1 atom stereocenters. The second-order valence-corrected chi connectivity index (χ2v) is 1.39. The highest BCUT2D eigenvalue weighted by Gasteiger charge is 1.83. The smallest absolute Gasteiger partial charge is 0.148 e. The molecular weight excluding hydrogens is 126 g/mol. The molecule has 0 aromatic carbocycles. The van der Waals surface area contributed by atoms with Gasteiger partial charge >= 0.3 is 8.69 Å². The third-order valence-electron chi connectivity index (χ3n) is 0.365. The van der Waals surface area contributed by atoms with E-state index in [2.05, 4.69) is 4.52 Å². The van der Waals surface area contributed by atoms with Gasteiger partial charge in [0.15, 0.2) is 17.4 Å². The summed E-state index contributed by atoms with van der Waals surface area (Å²) in [4.78, 5) is 0. The molecule has 2 nitrogen and oxygen atoms in total. The van der Waals surface area contributed by atoms with E-state index in [0.717, 1.165) is 6.42 Å². The fourth-order valence-corrected chi connectivity index (χ4v) is 0.431. The van der Waals surface area contributed by atoms with Crippen LogP contribution in [0.1, 0.15) is 13.3 Å². The van der Waals surface area contributed by atoms with Crippen molar-refractivity contribution in [2.45, 2.75) is 13.3 Å². The van der Waals surface area contributed by atoms with Crippen LogP contribution in [0.2, 0.25) is 0 Å². The van der Waals surface area contributed by atoms with Gasteiger partial charge in [-0.15, -0.1) is 4.52 Å². The molecule has 0 spiro atoms. The zero-order chi connectivity index (χ0) is 4.83. The molecule has 0 heterocycles. The lowest BCUT2D eigenvalue weighted by molar-refractivity contribution is 0.342. The van der Waals surface area contributed by atoms with Crippen molar-refractivity contribution >= 4 is 26.0 Å². The monoisotopic (exact) mass is 137 g/mol. The van der Waals surface area contributed by atoms with Crippen LogP contribution < -0.4 is 0 Å². The van der Waals surface area contributed by atoms with Crippen LogP contribution in [-0.2, 0) is 9.09 Å². The fourth-order valence-electron chi connectivity index (χ4n) is 0.144. The van der Waals surface area contributed by atoms with E-state index in [4.69, 9.17) is 0 Å². The van der Waals surface area contributed by atoms with E-state index in [-0.39, 0.29) is 17.4 Å². The summed E-state index contributed by atoms with van der Waals surface area (Å²) >= 11 is 0. The highest BCUT2D eigenvalue weighted by molar-refractivity contribution is 7.17. The van der Waals surface area contributed by atoms with Crippen molar-refractivity contribution in [1.29, 1.82) is 0 Å². The molecule has 0 aliphatic carbocycles. The van der Waals surface area contributed by atoms with Gasteiger partial charge in [0.2, 0.25) is 0 Å². The maximum atomic E-state index is 9.49. The standard InChI is InChI=1S/C3H8O2P.Al.3H/c1-2-3-5-6-4;;;;/h6H,2-3H2,1H3;;;;/q+1;;;;. The topological polar surface area (TPSA) is 26.3 Å². The Morgan fingerprint density at radius 2 is 2.29 bits per heavy atom. The minimum absolute atomic E-state index is 0. The fraction of sp³-hybridized carbons (Fsp3) is 1.00. The van der Waals surface area contributed by atoms with Gasteiger partial charge in [0.1, 0.15) is 6.61 Å². The Morgan fingerprint density at radius 3 is 2.43 bits per heavy atom. The molecule has 0 saturated carbocycles. The molecule has 0 aromatic rings. The first-order chi connectivity index (χ1) is 2.91. The van der Waals surface area contributed by atoms with E-state index in [1.807, 2.05) is 6.92 Å². The summed E-state index contributed by atoms with van der Waals surface area (Å²) in [6.45, 7) is 2.59. The second-order valence-electron chi connectivity index (χ2n) is 0.932. The maximum absolute atomic E-state index is 9.49. The van der Waals surface area contributed by atoms with Gasteiger partial charge in [-0.1, -0.05) is 6.92 Å². The van der Waals surface area contributed by atoms with Gasteiger partial charge in [0.25, 0.3) is 0 Å². The van der Waals surface area contributed by atoms with Crippen molar-refractivity contribution in [3.05, 3.63) is 0 Å². The van der Waals surface area contributed by atoms with Gasteiger partial charge in [0, 0.05) is 0 Å². The van der Waals surface area contributed by atoms with Gasteiger partial charge in [-0.3, -0.25) is 0 Å². The third-order valence-corrected chi connectivity index (χ3v) is 0.687. The molecule has 0 aliphatic heterocycles. The Labute approximate surface area is 55.7 Å². The van der Waals surface area contributed by atoms with Crippen LogP contribution in [0.3, 0.4) is 0 Å². The van der Waals surface area contributed by atoms with Crippen molar-refractivity contribution in [2.75, 3.05) is 6.61 Å². The predicted octanol–water partition coefficient (Wildman–Crippen LogP) is 0.168. The average Bonchev–Trinajstić information content (AvgIpc) is 1.61. The Morgan fingerprint density at radius 1 is 1.71 bits per heavy atom. The molecule has 1 unspecified atom stereocenters. The molecule has 0 bridgehead atoms. The lowest BCUT2D eigenvalue weighted by Gasteiger charge is -1.73. The van der Waals surface area contributed by atoms with Crippen LogP contribution in [0.15, 0.2) is 0 Å². The molecule has 0 fully saturated rings. The van der Waals surface area contributed by atoms with Crippen LogP contribution >= 0.6 is 8.69 Å². The third kappa shape index (κ3) is 10.8. The number of rotatable bonds is 3. The number of hydrogen-bond acceptors (Lipinski definition) is 2. The second kappa shape index (κ2) is 9.78. The van der Waals surface area contributed by atoms with Crippen molar-refractivity contribution in [1.82, 2.24) is 0 Å². The highest BCUT2D eigenvalue weighted by atomic mass is 31.1. The predicted molar refractivity (Wildman–Crippen MR) is 35.2 cm³/mol. The summed E-state index contributed by atoms with van der Waals surface area (Å²) in [6, 6.07) is 0. The Bertz CT molecular complexity index is 41.9. The van der Waals surface area contributed by atoms with Crippen LogP contribution in [0.4, 0.5) is 0 Å². The van der Waals surface area contributed by atoms with E-state index >= 15 is 0 Å². The lowest BCUT2D eigenvalue weighted by Crippen LogP contribution is -1.74. The van der Waals surface area contributed by atoms with Crippen LogP contribution in [0, 0.1) is 0 Å². The van der Waals surface area contributed by atoms with Crippen molar-refractivity contribution in [3.63, 3.8) is 0 Å². The molecular formula is C3H11AlO2P+. The molecule has 4 heteroatoms. The summed E-state index contributed by atoms with van der Waals surface area (Å²) in [5, 5.41) is 0. The molecule has 0 aromatic heterocycles. The average molecular weight is 137 g/mol. The lowest BCUT2D eigenvalue weighted by atomic mass is 10.5. The van der Waals surface area contributed by atoms with Crippen LogP contribution in [0.5, 0.6) is 0 Å². The molecule has 0 N–H and O–H groups in total. The van der Waals surface area contributed by atoms with Crippen LogP contribution in [-0.4, -0.2) is 24.0 Å². The molecule has 7 heavy (non-hydrogen) atoms. The van der Waals surface area contributed by atoms with Crippen molar-refractivity contribution < 1.29 is 9.09 Å². The minimum Gasteiger partial charge on any atom is -0.148 e. The van der Waals surface area contributed by atoms with Crippen LogP contribution in [0.25, 0.3) is 0 Å². The van der Waals surface area contributed by atoms with E-state index < -0.39 is 8.69 Å². The largest absolute Gasteiger partial charge is 0.494 e. The quantitative estimate of drug-likeness (QED) is 0.315. The molecule has 0 rings (SSSR count). The van der Waals surface area contributed by atoms with E-state index in [9.17, 15) is 4.57 Å². The molecule has 0 radical (unpaired) electrons. The first-order valence-corrected chi connectivity index (χ1v) is 2.72. The molecule has 0 amide bonds. The van der Waals surface area contributed by atoms with Crippen molar-refractivity contribution in [2.24, 2.45) is 0 Å². The molecule has 0 aliphatic rings. The molecule has 0 saturated heterocycles. The van der Waals surface area contributed by atoms with Crippen molar-refractivity contribution in [3.8, 4) is 0 Å². The summed E-state index contributed by atoms with van der Waals surface area (Å²) in [5.41, 5.74) is 0. The molecule has 42 valence electrons. The zero-order valence-electron chi connectivity index (χ0n) is 3.73. The van der Waals surface area contributed by atoms with Gasteiger partial charge in [-0.2, -0.15) is 0 Å².